The summed E-state index contributed by atoms with van der Waals surface area (Å²) in [5.41, 5.74) is 3.48. The number of hydrogen-bond acceptors (Lipinski definition) is 3. The normalized spacial score (nSPS) is 19.4. The molecule has 8 heteroatoms. The number of nitrogens with one attached hydrogen (secondary N) is 2. The molecule has 0 saturated carbocycles. The molecular formula is C13H16Cl2F3N3. The first-order chi connectivity index (χ1) is 9.85. The highest BCUT2D eigenvalue weighted by Gasteiger charge is 2.32. The first-order valence-corrected chi connectivity index (χ1v) is 7.32. The minimum absolute atomic E-state index is 0.00897. The summed E-state index contributed by atoms with van der Waals surface area (Å²) in [6.07, 6.45) is -3.50. The Balaban J connectivity index is 2.08. The van der Waals surface area contributed by atoms with E-state index in [1.807, 2.05) is 0 Å². The van der Waals surface area contributed by atoms with Gasteiger partial charge >= 0.3 is 6.18 Å². The van der Waals surface area contributed by atoms with Crippen LogP contribution in [0.15, 0.2) is 18.2 Å². The van der Waals surface area contributed by atoms with Crippen molar-refractivity contribution in [3.05, 3.63) is 33.8 Å². The Morgan fingerprint density at radius 2 is 2.10 bits per heavy atom. The minimum atomic E-state index is -4.29. The molecule has 1 aliphatic rings. The van der Waals surface area contributed by atoms with Crippen LogP contribution in [0.1, 0.15) is 12.0 Å². The molecule has 118 valence electrons. The highest BCUT2D eigenvalue weighted by molar-refractivity contribution is 6.42. The summed E-state index contributed by atoms with van der Waals surface area (Å²) >= 11 is 11.9. The van der Waals surface area contributed by atoms with Crippen LogP contribution in [0.25, 0.3) is 0 Å². The van der Waals surface area contributed by atoms with E-state index in [1.54, 1.807) is 18.2 Å². The van der Waals surface area contributed by atoms with E-state index >= 15 is 0 Å². The van der Waals surface area contributed by atoms with Gasteiger partial charge in [0.05, 0.1) is 10.0 Å². The molecule has 1 heterocycles. The molecule has 1 saturated heterocycles. The van der Waals surface area contributed by atoms with E-state index < -0.39 is 12.7 Å². The highest BCUT2D eigenvalue weighted by Crippen LogP contribution is 2.27. The van der Waals surface area contributed by atoms with Crippen molar-refractivity contribution in [3.8, 4) is 0 Å². The lowest BCUT2D eigenvalue weighted by Gasteiger charge is -2.28. The summed E-state index contributed by atoms with van der Waals surface area (Å²) in [4.78, 5) is 0. The molecule has 1 fully saturated rings. The Labute approximate surface area is 131 Å². The molecule has 21 heavy (non-hydrogen) atoms. The third kappa shape index (κ3) is 5.30. The summed E-state index contributed by atoms with van der Waals surface area (Å²) in [5, 5.41) is 4.88. The smallest absolute Gasteiger partial charge is 0.315 e. The average molecular weight is 342 g/mol. The molecule has 0 radical (unpaired) electrons. The van der Waals surface area contributed by atoms with Gasteiger partial charge in [0, 0.05) is 19.1 Å². The fraction of sp³-hybridized carbons (Fsp3) is 0.538. The van der Waals surface area contributed by atoms with Crippen molar-refractivity contribution in [1.82, 2.24) is 15.8 Å². The van der Waals surface area contributed by atoms with Crippen LogP contribution in [0.2, 0.25) is 10.0 Å². The fourth-order valence-corrected chi connectivity index (χ4v) is 2.64. The first-order valence-electron chi connectivity index (χ1n) is 6.56. The number of hydrogen-bond donors (Lipinski definition) is 2. The summed E-state index contributed by atoms with van der Waals surface area (Å²) in [6, 6.07) is 4.94. The Morgan fingerprint density at radius 3 is 2.71 bits per heavy atom. The first kappa shape index (κ1) is 16.8. The van der Waals surface area contributed by atoms with Gasteiger partial charge in [0.1, 0.15) is 6.54 Å². The predicted molar refractivity (Wildman–Crippen MR) is 77.3 cm³/mol. The average Bonchev–Trinajstić information content (AvgIpc) is 2.85. The number of alkyl halides is 3. The van der Waals surface area contributed by atoms with Gasteiger partial charge in [-0.2, -0.15) is 13.2 Å². The van der Waals surface area contributed by atoms with E-state index in [2.05, 4.69) is 10.7 Å². The van der Waals surface area contributed by atoms with E-state index in [0.29, 0.717) is 17.1 Å². The van der Waals surface area contributed by atoms with Gasteiger partial charge in [-0.25, -0.2) is 5.01 Å². The molecular weight excluding hydrogens is 326 g/mol. The molecule has 0 spiro atoms. The number of rotatable bonds is 5. The highest BCUT2D eigenvalue weighted by atomic mass is 35.5. The Bertz CT molecular complexity index is 476. The van der Waals surface area contributed by atoms with Gasteiger partial charge in [-0.15, -0.1) is 0 Å². The molecule has 2 rings (SSSR count). The third-order valence-corrected chi connectivity index (χ3v) is 4.05. The zero-order chi connectivity index (χ0) is 15.5. The molecule has 0 unspecified atom stereocenters. The van der Waals surface area contributed by atoms with Gasteiger partial charge in [0.15, 0.2) is 0 Å². The molecule has 1 aromatic carbocycles. The second-order valence-corrected chi connectivity index (χ2v) is 5.79. The van der Waals surface area contributed by atoms with Crippen molar-refractivity contribution < 1.29 is 13.2 Å². The molecule has 2 N–H and O–H groups in total. The monoisotopic (exact) mass is 341 g/mol. The standard InChI is InChI=1S/C13H16Cl2F3N3/c14-11-3-1-2-9(12(11)15)7-21(8-13(16,17)18)20-10-4-5-19-6-10/h1-3,10,19-20H,4-8H2/t10-/m0/s1. The summed E-state index contributed by atoms with van der Waals surface area (Å²) in [5.74, 6) is 0. The van der Waals surface area contributed by atoms with Crippen LogP contribution in [0.3, 0.4) is 0 Å². The van der Waals surface area contributed by atoms with Gasteiger partial charge < -0.3 is 5.32 Å². The van der Waals surface area contributed by atoms with Crippen molar-refractivity contribution in [3.63, 3.8) is 0 Å². The van der Waals surface area contributed by atoms with Gasteiger partial charge in [0.2, 0.25) is 0 Å². The van der Waals surface area contributed by atoms with Gasteiger partial charge in [-0.1, -0.05) is 35.3 Å². The van der Waals surface area contributed by atoms with Crippen molar-refractivity contribution >= 4 is 23.2 Å². The quantitative estimate of drug-likeness (QED) is 0.805. The maximum absolute atomic E-state index is 12.7. The lowest BCUT2D eigenvalue weighted by Crippen LogP contribution is -2.49. The minimum Gasteiger partial charge on any atom is -0.315 e. The van der Waals surface area contributed by atoms with E-state index in [0.717, 1.165) is 18.0 Å². The van der Waals surface area contributed by atoms with E-state index in [4.69, 9.17) is 23.2 Å². The summed E-state index contributed by atoms with van der Waals surface area (Å²) in [6.45, 7) is 0.439. The van der Waals surface area contributed by atoms with Crippen LogP contribution in [0, 0.1) is 0 Å². The van der Waals surface area contributed by atoms with Crippen LogP contribution in [0.4, 0.5) is 13.2 Å². The largest absolute Gasteiger partial charge is 0.402 e. The van der Waals surface area contributed by atoms with Gasteiger partial charge in [-0.05, 0) is 24.6 Å². The maximum Gasteiger partial charge on any atom is 0.402 e. The Hall–Kier alpha value is -0.530. The fourth-order valence-electron chi connectivity index (χ4n) is 2.26. The van der Waals surface area contributed by atoms with Crippen LogP contribution >= 0.6 is 23.2 Å². The Kier molecular flexibility index (Phi) is 5.73. The zero-order valence-electron chi connectivity index (χ0n) is 11.2. The second-order valence-electron chi connectivity index (χ2n) is 5.00. The Morgan fingerprint density at radius 1 is 1.33 bits per heavy atom. The number of hydrazine groups is 1. The van der Waals surface area contributed by atoms with E-state index in [1.165, 1.54) is 0 Å². The molecule has 1 aliphatic heterocycles. The molecule has 0 aromatic heterocycles. The SMILES string of the molecule is FC(F)(F)CN(Cc1cccc(Cl)c1Cl)N[C@H]1CCNC1. The van der Waals surface area contributed by atoms with Crippen molar-refractivity contribution in [2.45, 2.75) is 25.2 Å². The predicted octanol–water partition coefficient (Wildman–Crippen LogP) is 3.22. The van der Waals surface area contributed by atoms with E-state index in [-0.39, 0.29) is 17.6 Å². The lowest BCUT2D eigenvalue weighted by molar-refractivity contribution is -0.155. The van der Waals surface area contributed by atoms with Crippen LogP contribution in [0.5, 0.6) is 0 Å². The molecule has 1 atom stereocenters. The third-order valence-electron chi connectivity index (χ3n) is 3.19. The summed E-state index contributed by atoms with van der Waals surface area (Å²) < 4.78 is 38.1. The topological polar surface area (TPSA) is 27.3 Å². The van der Waals surface area contributed by atoms with Crippen molar-refractivity contribution in [2.24, 2.45) is 0 Å². The zero-order valence-corrected chi connectivity index (χ0v) is 12.7. The number of nitrogens with zero attached hydrogens (tertiary/aromatic N) is 1. The van der Waals surface area contributed by atoms with Crippen LogP contribution in [-0.4, -0.2) is 36.9 Å². The van der Waals surface area contributed by atoms with Crippen LogP contribution < -0.4 is 10.7 Å². The maximum atomic E-state index is 12.7. The van der Waals surface area contributed by atoms with Gasteiger partial charge in [0.25, 0.3) is 0 Å². The second kappa shape index (κ2) is 7.15. The van der Waals surface area contributed by atoms with E-state index in [9.17, 15) is 13.2 Å². The van der Waals surface area contributed by atoms with Crippen molar-refractivity contribution in [2.75, 3.05) is 19.6 Å². The molecule has 0 aliphatic carbocycles. The number of halogens is 5. The molecule has 0 amide bonds. The molecule has 3 nitrogen and oxygen atoms in total. The molecule has 1 aromatic rings. The molecule has 0 bridgehead atoms. The summed E-state index contributed by atoms with van der Waals surface area (Å²) in [7, 11) is 0. The van der Waals surface area contributed by atoms with Crippen LogP contribution in [-0.2, 0) is 6.54 Å². The lowest BCUT2D eigenvalue weighted by atomic mass is 10.2. The van der Waals surface area contributed by atoms with Crippen molar-refractivity contribution in [1.29, 1.82) is 0 Å². The van der Waals surface area contributed by atoms with Gasteiger partial charge in [-0.3, -0.25) is 5.43 Å². The number of benzene rings is 1.